The Morgan fingerprint density at radius 1 is 1.21 bits per heavy atom. The molecular weight excluding hydrogens is 375 g/mol. The molecule has 8 nitrogen and oxygen atoms in total. The van der Waals surface area contributed by atoms with Crippen molar-refractivity contribution in [3.05, 3.63) is 0 Å². The number of nitrogens with two attached hydrogens (primary N) is 2. The standard InChI is InChI=1S/C13H31N2O6PS2/c1-11(10-22(16,17)18)5-7-13(15,12(14)4-2-8-23)6-3-9-24(19,20)21/h11-12,23H,2-10,14-15H2,1H3,(H2,16,17,18)(H,19,20,21). The van der Waals surface area contributed by atoms with Crippen LogP contribution in [0, 0.1) is 5.92 Å². The summed E-state index contributed by atoms with van der Waals surface area (Å²) < 4.78 is 41.6. The van der Waals surface area contributed by atoms with E-state index in [1.165, 1.54) is 0 Å². The molecule has 146 valence electrons. The lowest BCUT2D eigenvalue weighted by Crippen LogP contribution is -2.55. The molecule has 11 heteroatoms. The van der Waals surface area contributed by atoms with Crippen LogP contribution in [-0.4, -0.2) is 52.0 Å². The van der Waals surface area contributed by atoms with E-state index < -0.39 is 23.3 Å². The summed E-state index contributed by atoms with van der Waals surface area (Å²) in [6, 6.07) is -0.381. The zero-order valence-corrected chi connectivity index (χ0v) is 16.6. The molecule has 24 heavy (non-hydrogen) atoms. The summed E-state index contributed by atoms with van der Waals surface area (Å²) in [5, 5.41) is 0. The van der Waals surface area contributed by atoms with Crippen LogP contribution in [0.15, 0.2) is 0 Å². The van der Waals surface area contributed by atoms with Gasteiger partial charge in [-0.15, -0.1) is 0 Å². The van der Waals surface area contributed by atoms with Crippen molar-refractivity contribution in [2.75, 3.05) is 17.7 Å². The van der Waals surface area contributed by atoms with Crippen molar-refractivity contribution in [1.29, 1.82) is 0 Å². The van der Waals surface area contributed by atoms with Crippen LogP contribution >= 0.6 is 20.2 Å². The maximum absolute atomic E-state index is 11.1. The van der Waals surface area contributed by atoms with E-state index in [9.17, 15) is 13.0 Å². The molecule has 0 radical (unpaired) electrons. The van der Waals surface area contributed by atoms with Gasteiger partial charge >= 0.3 is 7.60 Å². The average molecular weight is 407 g/mol. The van der Waals surface area contributed by atoms with Gasteiger partial charge in [-0.1, -0.05) is 6.92 Å². The van der Waals surface area contributed by atoms with Crippen LogP contribution < -0.4 is 11.5 Å². The van der Waals surface area contributed by atoms with Crippen LogP contribution in [0.4, 0.5) is 0 Å². The summed E-state index contributed by atoms with van der Waals surface area (Å²) in [6.07, 6.45) is 2.55. The van der Waals surface area contributed by atoms with Gasteiger partial charge in [-0.2, -0.15) is 21.0 Å². The molecule has 0 aliphatic heterocycles. The lowest BCUT2D eigenvalue weighted by molar-refractivity contribution is 0.263. The molecule has 0 aromatic heterocycles. The largest absolute Gasteiger partial charge is 0.326 e. The van der Waals surface area contributed by atoms with E-state index in [4.69, 9.17) is 25.8 Å². The van der Waals surface area contributed by atoms with Crippen LogP contribution in [0.2, 0.25) is 0 Å². The van der Waals surface area contributed by atoms with E-state index in [1.807, 2.05) is 0 Å². The first-order valence-corrected chi connectivity index (χ1v) is 12.0. The minimum Gasteiger partial charge on any atom is -0.326 e. The van der Waals surface area contributed by atoms with Gasteiger partial charge in [0.25, 0.3) is 10.1 Å². The predicted molar refractivity (Wildman–Crippen MR) is 98.9 cm³/mol. The molecule has 0 aromatic rings. The second-order valence-electron chi connectivity index (χ2n) is 6.59. The van der Waals surface area contributed by atoms with Crippen molar-refractivity contribution in [1.82, 2.24) is 0 Å². The minimum absolute atomic E-state index is 0.177. The molecule has 0 aromatic carbocycles. The number of rotatable bonds is 13. The third kappa shape index (κ3) is 11.8. The fraction of sp³-hybridized carbons (Fsp3) is 1.00. The van der Waals surface area contributed by atoms with Gasteiger partial charge in [-0.3, -0.25) is 9.12 Å². The zero-order chi connectivity index (χ0) is 19.0. The van der Waals surface area contributed by atoms with Crippen molar-refractivity contribution in [2.45, 2.75) is 57.0 Å². The van der Waals surface area contributed by atoms with E-state index in [2.05, 4.69) is 12.6 Å². The highest BCUT2D eigenvalue weighted by molar-refractivity contribution is 7.85. The predicted octanol–water partition coefficient (Wildman–Crippen LogP) is 0.983. The number of hydrogen-bond acceptors (Lipinski definition) is 6. The van der Waals surface area contributed by atoms with Gasteiger partial charge < -0.3 is 21.3 Å². The van der Waals surface area contributed by atoms with Gasteiger partial charge in [-0.05, 0) is 50.2 Å². The van der Waals surface area contributed by atoms with E-state index in [1.54, 1.807) is 6.92 Å². The second-order valence-corrected chi connectivity index (χ2v) is 10.3. The average Bonchev–Trinajstić information content (AvgIpc) is 2.39. The summed E-state index contributed by atoms with van der Waals surface area (Å²) in [5.74, 6) is 0.0413. The molecule has 0 saturated carbocycles. The summed E-state index contributed by atoms with van der Waals surface area (Å²) >= 11 is 4.14. The number of thiol groups is 1. The fourth-order valence-corrected chi connectivity index (χ4v) is 4.38. The topological polar surface area (TPSA) is 164 Å². The van der Waals surface area contributed by atoms with Crippen molar-refractivity contribution in [3.8, 4) is 0 Å². The Morgan fingerprint density at radius 3 is 2.25 bits per heavy atom. The van der Waals surface area contributed by atoms with Crippen molar-refractivity contribution in [2.24, 2.45) is 17.4 Å². The van der Waals surface area contributed by atoms with Gasteiger partial charge in [0, 0.05) is 11.6 Å². The molecule has 0 rings (SSSR count). The molecule has 0 amide bonds. The highest BCUT2D eigenvalue weighted by Gasteiger charge is 2.33. The van der Waals surface area contributed by atoms with E-state index >= 15 is 0 Å². The first kappa shape index (κ1) is 24.3. The molecule has 3 unspecified atom stereocenters. The highest BCUT2D eigenvalue weighted by Crippen LogP contribution is 2.38. The van der Waals surface area contributed by atoms with Gasteiger partial charge in [0.15, 0.2) is 0 Å². The Hall–Kier alpha value is 0.330. The van der Waals surface area contributed by atoms with Crippen molar-refractivity contribution >= 4 is 30.3 Å². The molecule has 0 fully saturated rings. The Bertz CT molecular complexity index is 513. The monoisotopic (exact) mass is 406 g/mol. The molecule has 0 aliphatic carbocycles. The Balaban J connectivity index is 4.80. The maximum Gasteiger partial charge on any atom is 0.325 e. The fourth-order valence-electron chi connectivity index (χ4n) is 2.69. The van der Waals surface area contributed by atoms with Crippen LogP contribution in [0.25, 0.3) is 0 Å². The van der Waals surface area contributed by atoms with E-state index in [0.29, 0.717) is 31.4 Å². The van der Waals surface area contributed by atoms with Crippen LogP contribution in [0.5, 0.6) is 0 Å². The summed E-state index contributed by atoms with van der Waals surface area (Å²) in [4.78, 5) is 18.1. The SMILES string of the molecule is CC(CCC(N)(CCCS(=O)(=O)O)C(N)CCCS)CP(=O)(O)O. The van der Waals surface area contributed by atoms with Gasteiger partial charge in [0.2, 0.25) is 0 Å². The molecule has 0 saturated heterocycles. The van der Waals surface area contributed by atoms with Crippen LogP contribution in [-0.2, 0) is 14.7 Å². The second kappa shape index (κ2) is 10.5. The summed E-state index contributed by atoms with van der Waals surface area (Å²) in [5.41, 5.74) is 11.7. The first-order chi connectivity index (χ1) is 10.8. The molecule has 0 bridgehead atoms. The molecular formula is C13H31N2O6PS2. The molecule has 0 aliphatic rings. The van der Waals surface area contributed by atoms with E-state index in [-0.39, 0.29) is 30.3 Å². The molecule has 0 spiro atoms. The first-order valence-electron chi connectivity index (χ1n) is 7.94. The molecule has 3 atom stereocenters. The highest BCUT2D eigenvalue weighted by atomic mass is 32.2. The Kier molecular flexibility index (Phi) is 10.6. The lowest BCUT2D eigenvalue weighted by Gasteiger charge is -2.36. The quantitative estimate of drug-likeness (QED) is 0.150. The van der Waals surface area contributed by atoms with Gasteiger partial charge in [-0.25, -0.2) is 0 Å². The zero-order valence-electron chi connectivity index (χ0n) is 14.0. The van der Waals surface area contributed by atoms with Gasteiger partial charge in [0.05, 0.1) is 11.9 Å². The Morgan fingerprint density at radius 2 is 1.79 bits per heavy atom. The van der Waals surface area contributed by atoms with Crippen LogP contribution in [0.3, 0.4) is 0 Å². The van der Waals surface area contributed by atoms with Crippen LogP contribution in [0.1, 0.15) is 45.4 Å². The van der Waals surface area contributed by atoms with E-state index in [0.717, 1.165) is 6.42 Å². The van der Waals surface area contributed by atoms with Gasteiger partial charge in [0.1, 0.15) is 0 Å². The molecule has 0 heterocycles. The third-order valence-electron chi connectivity index (χ3n) is 4.11. The minimum atomic E-state index is -4.08. The normalized spacial score (nSPS) is 18.1. The van der Waals surface area contributed by atoms with Crippen molar-refractivity contribution in [3.63, 3.8) is 0 Å². The summed E-state index contributed by atoms with van der Waals surface area (Å²) in [6.45, 7) is 1.73. The van der Waals surface area contributed by atoms with Crippen molar-refractivity contribution < 1.29 is 27.3 Å². The maximum atomic E-state index is 11.1. The Labute approximate surface area is 150 Å². The number of hydrogen-bond donors (Lipinski definition) is 6. The third-order valence-corrected chi connectivity index (χ3v) is 6.33. The lowest BCUT2D eigenvalue weighted by atomic mass is 9.79. The molecule has 7 N–H and O–H groups in total. The summed E-state index contributed by atoms with van der Waals surface area (Å²) in [7, 11) is -8.14. The smallest absolute Gasteiger partial charge is 0.325 e.